The number of amides is 1. The van der Waals surface area contributed by atoms with E-state index in [1.165, 1.54) is 18.4 Å². The van der Waals surface area contributed by atoms with Crippen molar-refractivity contribution in [3.63, 3.8) is 0 Å². The summed E-state index contributed by atoms with van der Waals surface area (Å²) >= 11 is 0. The van der Waals surface area contributed by atoms with Crippen molar-refractivity contribution in [2.24, 2.45) is 4.99 Å². The first-order valence-corrected chi connectivity index (χ1v) is 9.39. The molecule has 0 heterocycles. The molecule has 2 N–H and O–H groups in total. The van der Waals surface area contributed by atoms with E-state index < -0.39 is 0 Å². The summed E-state index contributed by atoms with van der Waals surface area (Å²) in [7, 11) is 5.16. The minimum absolute atomic E-state index is 0. The Kier molecular flexibility index (Phi) is 11.3. The molecule has 1 aromatic carbocycles. The van der Waals surface area contributed by atoms with Crippen LogP contribution in [0.4, 0.5) is 0 Å². The molecule has 152 valence electrons. The standard InChI is InChI=1S/C20H32N4O2.HI/c1-24(2)19(25)15-22-20(21-13-14-26-3)23-18-11-9-17(10-12-18)16-7-5-4-6-8-16;/h4-8,17-18H,9-15H2,1-3H3,(H2,21,22,23);1H. The van der Waals surface area contributed by atoms with Crippen molar-refractivity contribution >= 4 is 35.8 Å². The fraction of sp³-hybridized carbons (Fsp3) is 0.600. The molecular weight excluding hydrogens is 455 g/mol. The fourth-order valence-corrected chi connectivity index (χ4v) is 3.20. The van der Waals surface area contributed by atoms with Gasteiger partial charge in [-0.25, -0.2) is 4.99 Å². The van der Waals surface area contributed by atoms with Crippen molar-refractivity contribution in [3.05, 3.63) is 35.9 Å². The van der Waals surface area contributed by atoms with E-state index in [-0.39, 0.29) is 36.4 Å². The minimum atomic E-state index is -0.00868. The summed E-state index contributed by atoms with van der Waals surface area (Å²) in [6.07, 6.45) is 4.55. The monoisotopic (exact) mass is 488 g/mol. The third-order valence-corrected chi connectivity index (χ3v) is 4.81. The maximum Gasteiger partial charge on any atom is 0.243 e. The van der Waals surface area contributed by atoms with Gasteiger partial charge in [0.2, 0.25) is 5.91 Å². The molecule has 6 nitrogen and oxygen atoms in total. The van der Waals surface area contributed by atoms with Crippen LogP contribution < -0.4 is 10.6 Å². The van der Waals surface area contributed by atoms with Crippen LogP contribution in [0.25, 0.3) is 0 Å². The molecule has 0 radical (unpaired) electrons. The summed E-state index contributed by atoms with van der Waals surface area (Å²) in [5.41, 5.74) is 1.44. The number of nitrogens with zero attached hydrogens (tertiary/aromatic N) is 2. The Bertz CT molecular complexity index is 573. The lowest BCUT2D eigenvalue weighted by atomic mass is 9.82. The van der Waals surface area contributed by atoms with E-state index in [1.54, 1.807) is 26.1 Å². The SMILES string of the molecule is COCCNC(=NCC(=O)N(C)C)NC1CCC(c2ccccc2)CC1.I. The van der Waals surface area contributed by atoms with Crippen molar-refractivity contribution < 1.29 is 9.53 Å². The van der Waals surface area contributed by atoms with Crippen LogP contribution in [0.3, 0.4) is 0 Å². The van der Waals surface area contributed by atoms with Gasteiger partial charge in [0.1, 0.15) is 6.54 Å². The smallest absolute Gasteiger partial charge is 0.243 e. The number of hydrogen-bond acceptors (Lipinski definition) is 3. The first kappa shape index (κ1) is 23.7. The van der Waals surface area contributed by atoms with Crippen LogP contribution in [0.1, 0.15) is 37.2 Å². The molecule has 0 unspecified atom stereocenters. The van der Waals surface area contributed by atoms with E-state index >= 15 is 0 Å². The molecule has 0 saturated heterocycles. The van der Waals surface area contributed by atoms with Gasteiger partial charge in [0.25, 0.3) is 0 Å². The number of hydrogen-bond donors (Lipinski definition) is 2. The van der Waals surface area contributed by atoms with Crippen LogP contribution in [0.15, 0.2) is 35.3 Å². The van der Waals surface area contributed by atoms with Gasteiger partial charge in [-0.1, -0.05) is 30.3 Å². The molecule has 27 heavy (non-hydrogen) atoms. The number of halogens is 1. The van der Waals surface area contributed by atoms with Gasteiger partial charge < -0.3 is 20.3 Å². The van der Waals surface area contributed by atoms with Crippen LogP contribution in [0.5, 0.6) is 0 Å². The summed E-state index contributed by atoms with van der Waals surface area (Å²) < 4.78 is 5.09. The number of carbonyl (C=O) groups excluding carboxylic acids is 1. The number of nitrogens with one attached hydrogen (secondary N) is 2. The number of aliphatic imine (C=N–C) groups is 1. The van der Waals surface area contributed by atoms with E-state index in [0.717, 1.165) is 12.8 Å². The first-order valence-electron chi connectivity index (χ1n) is 9.39. The molecule has 1 saturated carbocycles. The van der Waals surface area contributed by atoms with Crippen LogP contribution in [-0.4, -0.2) is 63.7 Å². The summed E-state index contributed by atoms with van der Waals surface area (Å²) in [5, 5.41) is 6.74. The van der Waals surface area contributed by atoms with Gasteiger partial charge in [0.05, 0.1) is 6.61 Å². The van der Waals surface area contributed by atoms with Gasteiger partial charge in [0, 0.05) is 33.8 Å². The Balaban J connectivity index is 0.00000364. The lowest BCUT2D eigenvalue weighted by Crippen LogP contribution is -2.46. The Morgan fingerprint density at radius 2 is 1.85 bits per heavy atom. The number of guanidine groups is 1. The summed E-state index contributed by atoms with van der Waals surface area (Å²) in [4.78, 5) is 17.8. The second-order valence-corrected chi connectivity index (χ2v) is 6.98. The van der Waals surface area contributed by atoms with E-state index in [0.29, 0.717) is 31.1 Å². The maximum absolute atomic E-state index is 11.8. The zero-order valence-electron chi connectivity index (χ0n) is 16.6. The maximum atomic E-state index is 11.8. The fourth-order valence-electron chi connectivity index (χ4n) is 3.20. The highest BCUT2D eigenvalue weighted by atomic mass is 127. The second kappa shape index (κ2) is 12.9. The molecule has 0 spiro atoms. The summed E-state index contributed by atoms with van der Waals surface area (Å²) in [6.45, 7) is 1.41. The highest BCUT2D eigenvalue weighted by molar-refractivity contribution is 14.0. The van der Waals surface area contributed by atoms with Crippen LogP contribution in [0.2, 0.25) is 0 Å². The highest BCUT2D eigenvalue weighted by Crippen LogP contribution is 2.32. The van der Waals surface area contributed by atoms with Crippen molar-refractivity contribution in [3.8, 4) is 0 Å². The molecule has 0 aliphatic heterocycles. The number of rotatable bonds is 7. The molecule has 1 amide bonds. The molecule has 0 bridgehead atoms. The molecule has 7 heteroatoms. The molecule has 0 aromatic heterocycles. The molecule has 1 aliphatic carbocycles. The number of likely N-dealkylation sites (N-methyl/N-ethyl adjacent to an activating group) is 1. The molecule has 1 aromatic rings. The second-order valence-electron chi connectivity index (χ2n) is 6.98. The Labute approximate surface area is 180 Å². The molecule has 0 atom stereocenters. The highest BCUT2D eigenvalue weighted by Gasteiger charge is 2.23. The average Bonchev–Trinajstić information content (AvgIpc) is 2.67. The normalized spacial score (nSPS) is 19.7. The van der Waals surface area contributed by atoms with E-state index in [4.69, 9.17) is 4.74 Å². The van der Waals surface area contributed by atoms with E-state index in [9.17, 15) is 4.79 Å². The van der Waals surface area contributed by atoms with Crippen LogP contribution >= 0.6 is 24.0 Å². The zero-order valence-corrected chi connectivity index (χ0v) is 18.9. The van der Waals surface area contributed by atoms with Crippen molar-refractivity contribution in [1.29, 1.82) is 0 Å². The third kappa shape index (κ3) is 8.47. The average molecular weight is 488 g/mol. The lowest BCUT2D eigenvalue weighted by Gasteiger charge is -2.30. The number of ether oxygens (including phenoxy) is 1. The molecule has 1 fully saturated rings. The van der Waals surface area contributed by atoms with Gasteiger partial charge in [-0.05, 0) is 37.2 Å². The summed E-state index contributed by atoms with van der Waals surface area (Å²) in [5.74, 6) is 1.33. The number of carbonyl (C=O) groups is 1. The predicted octanol–water partition coefficient (Wildman–Crippen LogP) is 2.60. The van der Waals surface area contributed by atoms with Gasteiger partial charge in [-0.3, -0.25) is 4.79 Å². The Morgan fingerprint density at radius 3 is 2.44 bits per heavy atom. The van der Waals surface area contributed by atoms with Gasteiger partial charge in [-0.2, -0.15) is 0 Å². The summed E-state index contributed by atoms with van der Waals surface area (Å²) in [6, 6.07) is 11.1. The predicted molar refractivity (Wildman–Crippen MR) is 121 cm³/mol. The zero-order chi connectivity index (χ0) is 18.8. The Morgan fingerprint density at radius 1 is 1.19 bits per heavy atom. The minimum Gasteiger partial charge on any atom is -0.383 e. The lowest BCUT2D eigenvalue weighted by molar-refractivity contribution is -0.127. The number of benzene rings is 1. The molecule has 1 aliphatic rings. The third-order valence-electron chi connectivity index (χ3n) is 4.81. The van der Waals surface area contributed by atoms with Gasteiger partial charge >= 0.3 is 0 Å². The molecular formula is C20H33IN4O2. The van der Waals surface area contributed by atoms with E-state index in [1.807, 2.05) is 0 Å². The number of methoxy groups -OCH3 is 1. The molecule has 2 rings (SSSR count). The topological polar surface area (TPSA) is 66.0 Å². The van der Waals surface area contributed by atoms with Gasteiger partial charge in [0.15, 0.2) is 5.96 Å². The van der Waals surface area contributed by atoms with Crippen LogP contribution in [-0.2, 0) is 9.53 Å². The Hall–Kier alpha value is -1.35. The van der Waals surface area contributed by atoms with E-state index in [2.05, 4.69) is 46.0 Å². The van der Waals surface area contributed by atoms with Crippen molar-refractivity contribution in [2.75, 3.05) is 40.9 Å². The van der Waals surface area contributed by atoms with Crippen LogP contribution in [0, 0.1) is 0 Å². The van der Waals surface area contributed by atoms with Crippen molar-refractivity contribution in [1.82, 2.24) is 15.5 Å². The first-order chi connectivity index (χ1) is 12.6. The quantitative estimate of drug-likeness (QED) is 0.268. The van der Waals surface area contributed by atoms with Crippen molar-refractivity contribution in [2.45, 2.75) is 37.6 Å². The largest absolute Gasteiger partial charge is 0.383 e. The van der Waals surface area contributed by atoms with Gasteiger partial charge in [-0.15, -0.1) is 24.0 Å².